The van der Waals surface area contributed by atoms with Gasteiger partial charge in [0.15, 0.2) is 0 Å². The van der Waals surface area contributed by atoms with Crippen LogP contribution in [0, 0.1) is 0 Å². The Morgan fingerprint density at radius 3 is 2.64 bits per heavy atom. The molecule has 1 rings (SSSR count). The van der Waals surface area contributed by atoms with Gasteiger partial charge < -0.3 is 4.74 Å². The Balaban J connectivity index is 3.27. The maximum atomic E-state index is 12.5. The van der Waals surface area contributed by atoms with Crippen LogP contribution in [0.15, 0.2) is 10.7 Å². The average Bonchev–Trinajstić information content (AvgIpc) is 2.15. The van der Waals surface area contributed by atoms with Gasteiger partial charge in [-0.3, -0.25) is 0 Å². The molecule has 0 spiro atoms. The van der Waals surface area contributed by atoms with Crippen LogP contribution in [0.1, 0.15) is 17.7 Å². The van der Waals surface area contributed by atoms with Crippen LogP contribution < -0.4 is 4.74 Å². The van der Waals surface area contributed by atoms with Gasteiger partial charge in [-0.15, -0.1) is 0 Å². The summed E-state index contributed by atoms with van der Waals surface area (Å²) in [6.07, 6.45) is -2.60. The van der Waals surface area contributed by atoms with Gasteiger partial charge in [0.1, 0.15) is 10.4 Å². The maximum Gasteiger partial charge on any atom is 0.270 e. The minimum absolute atomic E-state index is 0.126. The molecule has 0 aliphatic rings. The summed E-state index contributed by atoms with van der Waals surface area (Å²) in [6.45, 7) is 0. The molecule has 0 N–H and O–H groups in total. The van der Waals surface area contributed by atoms with Crippen molar-refractivity contribution < 1.29 is 13.5 Å². The molecule has 14 heavy (non-hydrogen) atoms. The monoisotopic (exact) mass is 329 g/mol. The molecule has 0 atom stereocenters. The van der Waals surface area contributed by atoms with E-state index in [2.05, 4.69) is 36.8 Å². The van der Waals surface area contributed by atoms with Gasteiger partial charge in [0.05, 0.1) is 18.4 Å². The van der Waals surface area contributed by atoms with Crippen molar-refractivity contribution in [1.29, 1.82) is 0 Å². The van der Waals surface area contributed by atoms with Gasteiger partial charge in [-0.25, -0.2) is 13.8 Å². The van der Waals surface area contributed by atoms with Crippen molar-refractivity contribution in [2.45, 2.75) is 11.8 Å². The summed E-state index contributed by atoms with van der Waals surface area (Å²) in [5.74, 6) is 0.149. The van der Waals surface area contributed by atoms with Crippen LogP contribution in [0.25, 0.3) is 0 Å². The van der Waals surface area contributed by atoms with E-state index < -0.39 is 6.43 Å². The standard InChI is InChI=1S/C8H7Br2F2NO/c1-14-5-2-4(3-9)13-7(10)6(5)8(11)12/h2,8H,3H2,1H3. The molecule has 78 valence electrons. The highest BCUT2D eigenvalue weighted by atomic mass is 79.9. The molecule has 0 amide bonds. The normalized spacial score (nSPS) is 10.7. The molecule has 0 radical (unpaired) electrons. The Hall–Kier alpha value is -0.230. The van der Waals surface area contributed by atoms with E-state index in [9.17, 15) is 8.78 Å². The van der Waals surface area contributed by atoms with E-state index in [1.165, 1.54) is 13.2 Å². The van der Waals surface area contributed by atoms with Crippen LogP contribution in [0.5, 0.6) is 5.75 Å². The predicted octanol–water partition coefficient (Wildman–Crippen LogP) is 3.69. The Bertz CT molecular complexity index is 333. The zero-order valence-electron chi connectivity index (χ0n) is 7.23. The van der Waals surface area contributed by atoms with Crippen molar-refractivity contribution in [3.05, 3.63) is 21.9 Å². The van der Waals surface area contributed by atoms with Gasteiger partial charge in [0, 0.05) is 11.4 Å². The number of methoxy groups -OCH3 is 1. The summed E-state index contributed by atoms with van der Waals surface area (Å²) in [5.41, 5.74) is 0.426. The molecule has 1 heterocycles. The van der Waals surface area contributed by atoms with Crippen LogP contribution >= 0.6 is 31.9 Å². The molecule has 0 aliphatic heterocycles. The van der Waals surface area contributed by atoms with E-state index in [0.29, 0.717) is 11.0 Å². The number of pyridine rings is 1. The van der Waals surface area contributed by atoms with Crippen LogP contribution in [-0.4, -0.2) is 12.1 Å². The molecular weight excluding hydrogens is 324 g/mol. The van der Waals surface area contributed by atoms with Crippen molar-refractivity contribution in [1.82, 2.24) is 4.98 Å². The fourth-order valence-electron chi connectivity index (χ4n) is 0.984. The molecule has 0 unspecified atom stereocenters. The molecular formula is C8H7Br2F2NO. The van der Waals surface area contributed by atoms with Crippen molar-refractivity contribution in [3.8, 4) is 5.75 Å². The molecule has 1 aromatic rings. The first-order chi connectivity index (χ1) is 6.60. The number of ether oxygens (including phenoxy) is 1. The largest absolute Gasteiger partial charge is 0.496 e. The van der Waals surface area contributed by atoms with Crippen LogP contribution in [0.3, 0.4) is 0 Å². The van der Waals surface area contributed by atoms with Gasteiger partial charge >= 0.3 is 0 Å². The molecule has 0 aliphatic carbocycles. The zero-order chi connectivity index (χ0) is 10.7. The first-order valence-electron chi connectivity index (χ1n) is 3.67. The summed E-state index contributed by atoms with van der Waals surface area (Å²) in [7, 11) is 1.35. The zero-order valence-corrected chi connectivity index (χ0v) is 10.4. The Labute approximate surface area is 96.9 Å². The fourth-order valence-corrected chi connectivity index (χ4v) is 1.87. The lowest BCUT2D eigenvalue weighted by Crippen LogP contribution is -1.98. The van der Waals surface area contributed by atoms with Crippen LogP contribution in [0.2, 0.25) is 0 Å². The lowest BCUT2D eigenvalue weighted by molar-refractivity contribution is 0.145. The van der Waals surface area contributed by atoms with Gasteiger partial charge in [-0.05, 0) is 15.9 Å². The summed E-state index contributed by atoms with van der Waals surface area (Å²) >= 11 is 6.18. The van der Waals surface area contributed by atoms with E-state index in [1.807, 2.05) is 0 Å². The number of hydrogen-bond acceptors (Lipinski definition) is 2. The molecule has 0 bridgehead atoms. The van der Waals surface area contributed by atoms with Crippen molar-refractivity contribution >= 4 is 31.9 Å². The minimum Gasteiger partial charge on any atom is -0.496 e. The van der Waals surface area contributed by atoms with Gasteiger partial charge in [0.2, 0.25) is 0 Å². The van der Waals surface area contributed by atoms with Crippen molar-refractivity contribution in [2.24, 2.45) is 0 Å². The highest BCUT2D eigenvalue weighted by Gasteiger charge is 2.19. The summed E-state index contributed by atoms with van der Waals surface area (Å²) in [5, 5.41) is 0.492. The first-order valence-corrected chi connectivity index (χ1v) is 5.59. The molecule has 0 saturated heterocycles. The quantitative estimate of drug-likeness (QED) is 0.623. The third kappa shape index (κ3) is 2.42. The molecule has 6 heteroatoms. The minimum atomic E-state index is -2.60. The molecule has 2 nitrogen and oxygen atoms in total. The van der Waals surface area contributed by atoms with E-state index >= 15 is 0 Å². The SMILES string of the molecule is COc1cc(CBr)nc(Br)c1C(F)F. The number of hydrogen-bond donors (Lipinski definition) is 0. The van der Waals surface area contributed by atoms with E-state index in [1.54, 1.807) is 0 Å². The van der Waals surface area contributed by atoms with Gasteiger partial charge in [0.25, 0.3) is 6.43 Å². The molecule has 0 saturated carbocycles. The lowest BCUT2D eigenvalue weighted by Gasteiger charge is -2.10. The van der Waals surface area contributed by atoms with Crippen molar-refractivity contribution in [2.75, 3.05) is 7.11 Å². The average molecular weight is 331 g/mol. The van der Waals surface area contributed by atoms with E-state index in [4.69, 9.17) is 4.74 Å². The van der Waals surface area contributed by atoms with Crippen LogP contribution in [-0.2, 0) is 5.33 Å². The first kappa shape index (κ1) is 11.8. The summed E-state index contributed by atoms with van der Waals surface area (Å²) in [6, 6.07) is 1.49. The number of rotatable bonds is 3. The Morgan fingerprint density at radius 1 is 1.57 bits per heavy atom. The number of aromatic nitrogens is 1. The Kier molecular flexibility index (Phi) is 4.25. The second-order valence-electron chi connectivity index (χ2n) is 2.45. The number of nitrogens with zero attached hydrogens (tertiary/aromatic N) is 1. The number of halogens is 4. The highest BCUT2D eigenvalue weighted by molar-refractivity contribution is 9.10. The predicted molar refractivity (Wildman–Crippen MR) is 56.1 cm³/mol. The second kappa shape index (κ2) is 5.02. The Morgan fingerprint density at radius 2 is 2.21 bits per heavy atom. The highest BCUT2D eigenvalue weighted by Crippen LogP contribution is 2.34. The third-order valence-corrected chi connectivity index (χ3v) is 2.78. The van der Waals surface area contributed by atoms with E-state index in [-0.39, 0.29) is 15.9 Å². The molecule has 0 fully saturated rings. The van der Waals surface area contributed by atoms with Gasteiger partial charge in [-0.1, -0.05) is 15.9 Å². The summed E-state index contributed by atoms with van der Waals surface area (Å²) in [4.78, 5) is 3.93. The molecule has 1 aromatic heterocycles. The number of alkyl halides is 3. The smallest absolute Gasteiger partial charge is 0.270 e. The second-order valence-corrected chi connectivity index (χ2v) is 3.77. The van der Waals surface area contributed by atoms with Crippen molar-refractivity contribution in [3.63, 3.8) is 0 Å². The van der Waals surface area contributed by atoms with Gasteiger partial charge in [-0.2, -0.15) is 0 Å². The lowest BCUT2D eigenvalue weighted by atomic mass is 10.2. The third-order valence-electron chi connectivity index (χ3n) is 1.60. The van der Waals surface area contributed by atoms with E-state index in [0.717, 1.165) is 0 Å². The fraction of sp³-hybridized carbons (Fsp3) is 0.375. The summed E-state index contributed by atoms with van der Waals surface area (Å²) < 4.78 is 30.1. The maximum absolute atomic E-state index is 12.5. The van der Waals surface area contributed by atoms with Crippen LogP contribution in [0.4, 0.5) is 8.78 Å². The molecule has 0 aromatic carbocycles. The topological polar surface area (TPSA) is 22.1 Å².